The normalized spacial score (nSPS) is 25.1. The lowest BCUT2D eigenvalue weighted by Gasteiger charge is -2.35. The summed E-state index contributed by atoms with van der Waals surface area (Å²) in [5.41, 5.74) is 2.61. The number of piperidine rings is 1. The Kier molecular flexibility index (Phi) is 4.65. The fourth-order valence-electron chi connectivity index (χ4n) is 3.09. The van der Waals surface area contributed by atoms with Gasteiger partial charge in [0.2, 0.25) is 0 Å². The Bertz CT molecular complexity index is 365. The van der Waals surface area contributed by atoms with Crippen LogP contribution in [0.5, 0.6) is 0 Å². The lowest BCUT2D eigenvalue weighted by atomic mass is 9.92. The van der Waals surface area contributed by atoms with E-state index in [0.29, 0.717) is 0 Å². The predicted molar refractivity (Wildman–Crippen MR) is 79.1 cm³/mol. The Morgan fingerprint density at radius 1 is 1.17 bits per heavy atom. The summed E-state index contributed by atoms with van der Waals surface area (Å²) in [7, 11) is 0. The third-order valence-electron chi connectivity index (χ3n) is 3.83. The second kappa shape index (κ2) is 6.24. The van der Waals surface area contributed by atoms with E-state index in [2.05, 4.69) is 55.3 Å². The molecule has 1 heterocycles. The molecule has 2 atom stereocenters. The number of nitrogens with one attached hydrogen (secondary N) is 1. The van der Waals surface area contributed by atoms with E-state index in [1.165, 1.54) is 30.8 Å². The maximum Gasteiger partial charge on any atom is 0.0370 e. The molecule has 0 saturated carbocycles. The molecule has 1 aliphatic heterocycles. The van der Waals surface area contributed by atoms with Crippen LogP contribution in [0.1, 0.15) is 25.8 Å². The topological polar surface area (TPSA) is 15.3 Å². The van der Waals surface area contributed by atoms with Crippen LogP contribution < -0.4 is 5.32 Å². The maximum absolute atomic E-state index is 3.55. The highest BCUT2D eigenvalue weighted by Gasteiger charge is 2.20. The zero-order valence-corrected chi connectivity index (χ0v) is 11.9. The first-order valence-corrected chi connectivity index (χ1v) is 7.17. The van der Waals surface area contributed by atoms with Crippen LogP contribution in [0.2, 0.25) is 0 Å². The Labute approximate surface area is 111 Å². The Morgan fingerprint density at radius 2 is 1.83 bits per heavy atom. The van der Waals surface area contributed by atoms with E-state index in [0.717, 1.165) is 24.9 Å². The molecule has 2 rings (SSSR count). The number of anilines is 1. The van der Waals surface area contributed by atoms with Crippen molar-refractivity contribution in [1.29, 1.82) is 0 Å². The number of rotatable bonds is 4. The van der Waals surface area contributed by atoms with Gasteiger partial charge in [-0.05, 0) is 36.8 Å². The molecule has 18 heavy (non-hydrogen) atoms. The summed E-state index contributed by atoms with van der Waals surface area (Å²) in [4.78, 5) is 2.60. The highest BCUT2D eigenvalue weighted by molar-refractivity contribution is 5.50. The van der Waals surface area contributed by atoms with Gasteiger partial charge in [0.1, 0.15) is 0 Å². The molecule has 2 heteroatoms. The van der Waals surface area contributed by atoms with E-state index < -0.39 is 0 Å². The van der Waals surface area contributed by atoms with Gasteiger partial charge in [0.25, 0.3) is 0 Å². The minimum atomic E-state index is 0.854. The summed E-state index contributed by atoms with van der Waals surface area (Å²) in [6.45, 7) is 11.6. The van der Waals surface area contributed by atoms with Crippen LogP contribution in [0.3, 0.4) is 0 Å². The first-order chi connectivity index (χ1) is 8.65. The summed E-state index contributed by atoms with van der Waals surface area (Å²) < 4.78 is 0. The number of para-hydroxylation sites is 1. The zero-order chi connectivity index (χ0) is 13.0. The van der Waals surface area contributed by atoms with Crippen LogP contribution in [0, 0.1) is 18.8 Å². The Hall–Kier alpha value is -1.02. The van der Waals surface area contributed by atoms with Gasteiger partial charge < -0.3 is 10.2 Å². The second-order valence-electron chi connectivity index (χ2n) is 5.95. The Balaban J connectivity index is 1.77. The van der Waals surface area contributed by atoms with Crippen LogP contribution in [0.4, 0.5) is 5.69 Å². The van der Waals surface area contributed by atoms with Crippen molar-refractivity contribution < 1.29 is 0 Å². The number of nitrogens with zero attached hydrogens (tertiary/aromatic N) is 1. The van der Waals surface area contributed by atoms with Crippen LogP contribution in [-0.4, -0.2) is 31.1 Å². The summed E-state index contributed by atoms with van der Waals surface area (Å²) in [5.74, 6) is 1.71. The zero-order valence-electron chi connectivity index (χ0n) is 11.9. The van der Waals surface area contributed by atoms with Crippen molar-refractivity contribution >= 4 is 5.69 Å². The van der Waals surface area contributed by atoms with Gasteiger partial charge in [0.15, 0.2) is 0 Å². The van der Waals surface area contributed by atoms with Gasteiger partial charge in [-0.1, -0.05) is 32.0 Å². The molecule has 2 unspecified atom stereocenters. The van der Waals surface area contributed by atoms with E-state index in [1.807, 2.05) is 0 Å². The largest absolute Gasteiger partial charge is 0.384 e. The summed E-state index contributed by atoms with van der Waals surface area (Å²) >= 11 is 0. The molecule has 1 N–H and O–H groups in total. The van der Waals surface area contributed by atoms with Gasteiger partial charge in [-0.3, -0.25) is 0 Å². The SMILES string of the molecule is Cc1ccccc1NCCN1CC(C)CC(C)C1. The van der Waals surface area contributed by atoms with Gasteiger partial charge >= 0.3 is 0 Å². The second-order valence-corrected chi connectivity index (χ2v) is 5.95. The van der Waals surface area contributed by atoms with Crippen molar-refractivity contribution in [2.24, 2.45) is 11.8 Å². The van der Waals surface area contributed by atoms with Crippen LogP contribution in [0.25, 0.3) is 0 Å². The van der Waals surface area contributed by atoms with Crippen molar-refractivity contribution in [3.05, 3.63) is 29.8 Å². The lowest BCUT2D eigenvalue weighted by Crippen LogP contribution is -2.41. The summed E-state index contributed by atoms with van der Waals surface area (Å²) in [5, 5.41) is 3.55. The summed E-state index contributed by atoms with van der Waals surface area (Å²) in [6.07, 6.45) is 1.39. The third kappa shape index (κ3) is 3.74. The smallest absolute Gasteiger partial charge is 0.0370 e. The molecule has 1 saturated heterocycles. The fraction of sp³-hybridized carbons (Fsp3) is 0.625. The molecule has 1 aromatic rings. The predicted octanol–water partition coefficient (Wildman–Crippen LogP) is 3.38. The molecule has 1 aliphatic rings. The monoisotopic (exact) mass is 246 g/mol. The minimum absolute atomic E-state index is 0.854. The lowest BCUT2D eigenvalue weighted by molar-refractivity contribution is 0.146. The molecule has 0 bridgehead atoms. The fourth-order valence-corrected chi connectivity index (χ4v) is 3.09. The van der Waals surface area contributed by atoms with E-state index in [4.69, 9.17) is 0 Å². The number of aryl methyl sites for hydroxylation is 1. The van der Waals surface area contributed by atoms with Crippen LogP contribution >= 0.6 is 0 Å². The standard InChI is InChI=1S/C16H26N2/c1-13-10-14(2)12-18(11-13)9-8-17-16-7-5-4-6-15(16)3/h4-7,13-14,17H,8-12H2,1-3H3. The Morgan fingerprint density at radius 3 is 2.50 bits per heavy atom. The molecule has 0 radical (unpaired) electrons. The van der Waals surface area contributed by atoms with Crippen molar-refractivity contribution in [1.82, 2.24) is 4.90 Å². The van der Waals surface area contributed by atoms with Crippen molar-refractivity contribution in [2.45, 2.75) is 27.2 Å². The van der Waals surface area contributed by atoms with Crippen molar-refractivity contribution in [2.75, 3.05) is 31.5 Å². The first-order valence-electron chi connectivity index (χ1n) is 7.17. The third-order valence-corrected chi connectivity index (χ3v) is 3.83. The quantitative estimate of drug-likeness (QED) is 0.876. The summed E-state index contributed by atoms with van der Waals surface area (Å²) in [6, 6.07) is 8.51. The average molecular weight is 246 g/mol. The molecular weight excluding hydrogens is 220 g/mol. The van der Waals surface area contributed by atoms with Crippen molar-refractivity contribution in [3.8, 4) is 0 Å². The van der Waals surface area contributed by atoms with Crippen LogP contribution in [0.15, 0.2) is 24.3 Å². The molecule has 0 aliphatic carbocycles. The minimum Gasteiger partial charge on any atom is -0.384 e. The number of likely N-dealkylation sites (tertiary alicyclic amines) is 1. The first kappa shape index (κ1) is 13.4. The van der Waals surface area contributed by atoms with E-state index in [9.17, 15) is 0 Å². The van der Waals surface area contributed by atoms with E-state index in [1.54, 1.807) is 0 Å². The highest BCUT2D eigenvalue weighted by Crippen LogP contribution is 2.20. The van der Waals surface area contributed by atoms with Gasteiger partial charge in [-0.25, -0.2) is 0 Å². The molecule has 100 valence electrons. The molecule has 1 aromatic carbocycles. The average Bonchev–Trinajstić information content (AvgIpc) is 2.30. The number of hydrogen-bond acceptors (Lipinski definition) is 2. The molecule has 2 nitrogen and oxygen atoms in total. The van der Waals surface area contributed by atoms with Gasteiger partial charge in [0.05, 0.1) is 0 Å². The van der Waals surface area contributed by atoms with Gasteiger partial charge in [-0.2, -0.15) is 0 Å². The molecule has 1 fully saturated rings. The highest BCUT2D eigenvalue weighted by atomic mass is 15.1. The van der Waals surface area contributed by atoms with E-state index >= 15 is 0 Å². The number of benzene rings is 1. The van der Waals surface area contributed by atoms with Gasteiger partial charge in [0, 0.05) is 31.9 Å². The van der Waals surface area contributed by atoms with Crippen molar-refractivity contribution in [3.63, 3.8) is 0 Å². The maximum atomic E-state index is 3.55. The molecule has 0 spiro atoms. The molecule has 0 amide bonds. The number of hydrogen-bond donors (Lipinski definition) is 1. The van der Waals surface area contributed by atoms with Crippen LogP contribution in [-0.2, 0) is 0 Å². The molecule has 0 aromatic heterocycles. The van der Waals surface area contributed by atoms with Gasteiger partial charge in [-0.15, -0.1) is 0 Å². The molecular formula is C16H26N2. The van der Waals surface area contributed by atoms with E-state index in [-0.39, 0.29) is 0 Å².